The van der Waals surface area contributed by atoms with Crippen LogP contribution >= 0.6 is 0 Å². The number of benzene rings is 1. The molecule has 0 fully saturated rings. The molecule has 1 heterocycles. The molecule has 0 saturated carbocycles. The molecule has 1 aromatic carbocycles. The normalized spacial score (nSPS) is 11.6. The van der Waals surface area contributed by atoms with E-state index in [0.717, 1.165) is 6.07 Å². The summed E-state index contributed by atoms with van der Waals surface area (Å²) in [5, 5.41) is 14.9. The number of aromatic carboxylic acids is 1. The van der Waals surface area contributed by atoms with Crippen LogP contribution < -0.4 is 0 Å². The summed E-state index contributed by atoms with van der Waals surface area (Å²) in [6, 6.07) is 2.03. The van der Waals surface area contributed by atoms with Gasteiger partial charge in [-0.15, -0.1) is 10.2 Å². The quantitative estimate of drug-likeness (QED) is 0.853. The molecule has 0 bridgehead atoms. The molecule has 0 aliphatic rings. The fourth-order valence-corrected chi connectivity index (χ4v) is 1.30. The zero-order valence-electron chi connectivity index (χ0n) is 8.90. The maximum atomic E-state index is 13.0. The van der Waals surface area contributed by atoms with Crippen LogP contribution in [0.3, 0.4) is 0 Å². The van der Waals surface area contributed by atoms with E-state index >= 15 is 0 Å². The second-order valence-electron chi connectivity index (χ2n) is 3.41. The van der Waals surface area contributed by atoms with Crippen molar-refractivity contribution in [2.24, 2.45) is 0 Å². The van der Waals surface area contributed by atoms with Gasteiger partial charge in [0.05, 0.1) is 5.56 Å². The highest BCUT2D eigenvalue weighted by atomic mass is 19.4. The molecule has 100 valence electrons. The second-order valence-corrected chi connectivity index (χ2v) is 3.41. The molecular weight excluding hydrogens is 272 g/mol. The Hall–Kier alpha value is -2.45. The predicted octanol–water partition coefficient (Wildman–Crippen LogP) is 2.59. The minimum absolute atomic E-state index is 0.228. The summed E-state index contributed by atoms with van der Waals surface area (Å²) < 4.78 is 55.1. The first-order valence-corrected chi connectivity index (χ1v) is 4.73. The zero-order valence-corrected chi connectivity index (χ0v) is 8.90. The lowest BCUT2D eigenvalue weighted by Gasteiger charge is -2.08. The molecule has 0 aliphatic carbocycles. The van der Waals surface area contributed by atoms with Crippen LogP contribution in [0.5, 0.6) is 0 Å². The van der Waals surface area contributed by atoms with Crippen LogP contribution in [0.25, 0.3) is 11.5 Å². The standard InChI is InChI=1S/C10H4F4N2O3/c11-6-2-1-4(3-5(6)10(12,13)14)7-15-16-8(19-7)9(17)18/h1-3H,(H,17,18). The van der Waals surface area contributed by atoms with E-state index in [1.807, 2.05) is 0 Å². The van der Waals surface area contributed by atoms with Gasteiger partial charge in [0, 0.05) is 5.56 Å². The molecule has 0 unspecified atom stereocenters. The van der Waals surface area contributed by atoms with Gasteiger partial charge in [-0.05, 0) is 18.2 Å². The van der Waals surface area contributed by atoms with E-state index in [9.17, 15) is 22.4 Å². The minimum Gasteiger partial charge on any atom is -0.474 e. The van der Waals surface area contributed by atoms with Crippen molar-refractivity contribution >= 4 is 5.97 Å². The average Bonchev–Trinajstić information content (AvgIpc) is 2.77. The van der Waals surface area contributed by atoms with Gasteiger partial charge < -0.3 is 9.52 Å². The van der Waals surface area contributed by atoms with Crippen molar-refractivity contribution in [1.29, 1.82) is 0 Å². The van der Waals surface area contributed by atoms with Gasteiger partial charge in [-0.2, -0.15) is 13.2 Å². The third kappa shape index (κ3) is 2.54. The Morgan fingerprint density at radius 1 is 1.26 bits per heavy atom. The van der Waals surface area contributed by atoms with Gasteiger partial charge in [-0.25, -0.2) is 9.18 Å². The Morgan fingerprint density at radius 3 is 2.47 bits per heavy atom. The summed E-state index contributed by atoms with van der Waals surface area (Å²) in [5.41, 5.74) is -1.73. The van der Waals surface area contributed by atoms with Gasteiger partial charge in [0.1, 0.15) is 5.82 Å². The first-order chi connectivity index (χ1) is 8.79. The maximum Gasteiger partial charge on any atom is 0.419 e. The van der Waals surface area contributed by atoms with E-state index in [4.69, 9.17) is 5.11 Å². The number of aromatic nitrogens is 2. The molecule has 2 aromatic rings. The van der Waals surface area contributed by atoms with Crippen LogP contribution in [0.2, 0.25) is 0 Å². The van der Waals surface area contributed by atoms with Gasteiger partial charge in [-0.1, -0.05) is 0 Å². The predicted molar refractivity (Wildman–Crippen MR) is 51.7 cm³/mol. The molecule has 0 saturated heterocycles. The SMILES string of the molecule is O=C(O)c1nnc(-c2ccc(F)c(C(F)(F)F)c2)o1. The van der Waals surface area contributed by atoms with E-state index in [1.54, 1.807) is 0 Å². The zero-order chi connectivity index (χ0) is 14.2. The Kier molecular flexibility index (Phi) is 2.97. The second kappa shape index (κ2) is 4.34. The fraction of sp³-hybridized carbons (Fsp3) is 0.100. The summed E-state index contributed by atoms with van der Waals surface area (Å²) in [4.78, 5) is 10.5. The Bertz CT molecular complexity index is 636. The Balaban J connectivity index is 2.48. The molecule has 19 heavy (non-hydrogen) atoms. The Morgan fingerprint density at radius 2 is 1.95 bits per heavy atom. The smallest absolute Gasteiger partial charge is 0.419 e. The van der Waals surface area contributed by atoms with Crippen LogP contribution in [-0.4, -0.2) is 21.3 Å². The summed E-state index contributed by atoms with van der Waals surface area (Å²) in [5.74, 6) is -4.18. The van der Waals surface area contributed by atoms with Gasteiger partial charge in [0.15, 0.2) is 0 Å². The van der Waals surface area contributed by atoms with Crippen molar-refractivity contribution in [1.82, 2.24) is 10.2 Å². The molecule has 1 aromatic heterocycles. The third-order valence-electron chi connectivity index (χ3n) is 2.13. The number of carboxylic acid groups (broad SMARTS) is 1. The molecule has 1 N–H and O–H groups in total. The summed E-state index contributed by atoms with van der Waals surface area (Å²) in [6.45, 7) is 0. The highest BCUT2D eigenvalue weighted by Crippen LogP contribution is 2.33. The topological polar surface area (TPSA) is 76.2 Å². The number of rotatable bonds is 2. The minimum atomic E-state index is -4.88. The van der Waals surface area contributed by atoms with Gasteiger partial charge in [0.2, 0.25) is 5.89 Å². The van der Waals surface area contributed by atoms with E-state index in [-0.39, 0.29) is 5.56 Å². The van der Waals surface area contributed by atoms with Crippen LogP contribution in [0.15, 0.2) is 22.6 Å². The first kappa shape index (κ1) is 13.0. The molecule has 5 nitrogen and oxygen atoms in total. The lowest BCUT2D eigenvalue weighted by molar-refractivity contribution is -0.139. The van der Waals surface area contributed by atoms with Crippen molar-refractivity contribution < 1.29 is 31.9 Å². The average molecular weight is 276 g/mol. The van der Waals surface area contributed by atoms with Crippen LogP contribution in [0.1, 0.15) is 16.2 Å². The number of hydrogen-bond donors (Lipinski definition) is 1. The van der Waals surface area contributed by atoms with Crippen LogP contribution in [0, 0.1) is 5.82 Å². The summed E-state index contributed by atoms with van der Waals surface area (Å²) in [7, 11) is 0. The number of halogens is 4. The highest BCUT2D eigenvalue weighted by Gasteiger charge is 2.34. The molecule has 0 amide bonds. The van der Waals surface area contributed by atoms with Crippen molar-refractivity contribution in [2.75, 3.05) is 0 Å². The monoisotopic (exact) mass is 276 g/mol. The number of alkyl halides is 3. The summed E-state index contributed by atoms with van der Waals surface area (Å²) >= 11 is 0. The summed E-state index contributed by atoms with van der Waals surface area (Å²) in [6.07, 6.45) is -4.88. The maximum absolute atomic E-state index is 13.0. The largest absolute Gasteiger partial charge is 0.474 e. The molecule has 0 atom stereocenters. The van der Waals surface area contributed by atoms with Crippen molar-refractivity contribution in [3.05, 3.63) is 35.5 Å². The third-order valence-corrected chi connectivity index (χ3v) is 2.13. The van der Waals surface area contributed by atoms with E-state index < -0.39 is 35.3 Å². The number of hydrogen-bond acceptors (Lipinski definition) is 4. The van der Waals surface area contributed by atoms with Gasteiger partial charge >= 0.3 is 18.0 Å². The van der Waals surface area contributed by atoms with E-state index in [0.29, 0.717) is 12.1 Å². The molecule has 0 spiro atoms. The number of nitrogens with zero attached hydrogens (tertiary/aromatic N) is 2. The molecule has 2 rings (SSSR count). The van der Waals surface area contributed by atoms with Gasteiger partial charge in [0.25, 0.3) is 0 Å². The van der Waals surface area contributed by atoms with Crippen molar-refractivity contribution in [3.8, 4) is 11.5 Å². The van der Waals surface area contributed by atoms with E-state index in [2.05, 4.69) is 14.6 Å². The van der Waals surface area contributed by atoms with Gasteiger partial charge in [-0.3, -0.25) is 0 Å². The first-order valence-electron chi connectivity index (χ1n) is 4.73. The van der Waals surface area contributed by atoms with Crippen LogP contribution in [0.4, 0.5) is 17.6 Å². The highest BCUT2D eigenvalue weighted by molar-refractivity contribution is 5.82. The van der Waals surface area contributed by atoms with Crippen molar-refractivity contribution in [2.45, 2.75) is 6.18 Å². The fourth-order valence-electron chi connectivity index (χ4n) is 1.30. The lowest BCUT2D eigenvalue weighted by Crippen LogP contribution is -2.08. The lowest BCUT2D eigenvalue weighted by atomic mass is 10.1. The molecule has 0 radical (unpaired) electrons. The van der Waals surface area contributed by atoms with E-state index in [1.165, 1.54) is 0 Å². The molecule has 9 heteroatoms. The Labute approximate surface area is 102 Å². The van der Waals surface area contributed by atoms with Crippen LogP contribution in [-0.2, 0) is 6.18 Å². The number of carboxylic acids is 1. The van der Waals surface area contributed by atoms with Crippen molar-refractivity contribution in [3.63, 3.8) is 0 Å². The molecule has 0 aliphatic heterocycles. The number of carbonyl (C=O) groups is 1. The molecular formula is C10H4F4N2O3.